The van der Waals surface area contributed by atoms with Gasteiger partial charge in [0.1, 0.15) is 0 Å². The number of likely N-dealkylation sites (N-methyl/N-ethyl adjacent to an activating group) is 1. The molecule has 0 bridgehead atoms. The lowest BCUT2D eigenvalue weighted by Crippen LogP contribution is -2.23. The van der Waals surface area contributed by atoms with Gasteiger partial charge in [-0.05, 0) is 35.7 Å². The second kappa shape index (κ2) is 8.15. The number of aryl methyl sites for hydroxylation is 1. The van der Waals surface area contributed by atoms with Crippen LogP contribution in [0.4, 0.5) is 11.4 Å². The standard InChI is InChI=1S/C19H23N3O2/c1-22(2)19(24)13-14-7-10-16(11-8-14)21-18(23)12-9-15-5-3-4-6-17(15)20/h3-8,10-11H,9,12-13,20H2,1-2H3,(H,21,23). The lowest BCUT2D eigenvalue weighted by molar-refractivity contribution is -0.128. The number of para-hydroxylation sites is 1. The summed E-state index contributed by atoms with van der Waals surface area (Å²) in [5, 5.41) is 2.86. The van der Waals surface area contributed by atoms with Crippen molar-refractivity contribution < 1.29 is 9.59 Å². The highest BCUT2D eigenvalue weighted by Gasteiger charge is 2.07. The SMILES string of the molecule is CN(C)C(=O)Cc1ccc(NC(=O)CCc2ccccc2N)cc1. The van der Waals surface area contributed by atoms with Gasteiger partial charge in [0.2, 0.25) is 11.8 Å². The van der Waals surface area contributed by atoms with E-state index in [4.69, 9.17) is 5.73 Å². The summed E-state index contributed by atoms with van der Waals surface area (Å²) < 4.78 is 0. The summed E-state index contributed by atoms with van der Waals surface area (Å²) in [6.07, 6.45) is 1.33. The second-order valence-electron chi connectivity index (χ2n) is 5.91. The normalized spacial score (nSPS) is 10.2. The minimum absolute atomic E-state index is 0.0484. The first-order chi connectivity index (χ1) is 11.5. The number of hydrogen-bond acceptors (Lipinski definition) is 3. The summed E-state index contributed by atoms with van der Waals surface area (Å²) in [5.41, 5.74) is 9.20. The Bertz CT molecular complexity index is 709. The lowest BCUT2D eigenvalue weighted by Gasteiger charge is -2.11. The Morgan fingerprint density at radius 1 is 1.04 bits per heavy atom. The van der Waals surface area contributed by atoms with Gasteiger partial charge in [0, 0.05) is 31.9 Å². The van der Waals surface area contributed by atoms with Crippen molar-refractivity contribution in [3.8, 4) is 0 Å². The van der Waals surface area contributed by atoms with Gasteiger partial charge in [0.05, 0.1) is 6.42 Å². The van der Waals surface area contributed by atoms with Crippen LogP contribution in [0.2, 0.25) is 0 Å². The minimum Gasteiger partial charge on any atom is -0.399 e. The molecule has 0 aliphatic carbocycles. The second-order valence-corrected chi connectivity index (χ2v) is 5.91. The number of amides is 2. The zero-order chi connectivity index (χ0) is 17.5. The molecule has 2 rings (SSSR count). The molecule has 0 saturated carbocycles. The highest BCUT2D eigenvalue weighted by molar-refractivity contribution is 5.91. The Labute approximate surface area is 142 Å². The molecular formula is C19H23N3O2. The van der Waals surface area contributed by atoms with E-state index in [1.807, 2.05) is 48.5 Å². The molecule has 5 nitrogen and oxygen atoms in total. The molecule has 24 heavy (non-hydrogen) atoms. The van der Waals surface area contributed by atoms with Crippen molar-refractivity contribution in [2.75, 3.05) is 25.1 Å². The van der Waals surface area contributed by atoms with Gasteiger partial charge in [-0.15, -0.1) is 0 Å². The first-order valence-corrected chi connectivity index (χ1v) is 7.88. The fourth-order valence-corrected chi connectivity index (χ4v) is 2.27. The topological polar surface area (TPSA) is 75.4 Å². The van der Waals surface area contributed by atoms with Crippen LogP contribution >= 0.6 is 0 Å². The van der Waals surface area contributed by atoms with Crippen molar-refractivity contribution in [3.63, 3.8) is 0 Å². The van der Waals surface area contributed by atoms with Crippen LogP contribution in [0.25, 0.3) is 0 Å². The summed E-state index contributed by atoms with van der Waals surface area (Å²) in [6, 6.07) is 14.9. The van der Waals surface area contributed by atoms with Gasteiger partial charge in [0.15, 0.2) is 0 Å². The van der Waals surface area contributed by atoms with E-state index in [1.165, 1.54) is 0 Å². The molecule has 0 aliphatic rings. The maximum Gasteiger partial charge on any atom is 0.226 e. The lowest BCUT2D eigenvalue weighted by atomic mass is 10.1. The third-order valence-electron chi connectivity index (χ3n) is 3.77. The largest absolute Gasteiger partial charge is 0.399 e. The number of nitrogen functional groups attached to an aromatic ring is 1. The van der Waals surface area contributed by atoms with Crippen LogP contribution in [0.15, 0.2) is 48.5 Å². The third-order valence-corrected chi connectivity index (χ3v) is 3.77. The molecule has 0 saturated heterocycles. The van der Waals surface area contributed by atoms with E-state index in [1.54, 1.807) is 19.0 Å². The van der Waals surface area contributed by atoms with Crippen LogP contribution < -0.4 is 11.1 Å². The zero-order valence-electron chi connectivity index (χ0n) is 14.1. The van der Waals surface area contributed by atoms with Crippen molar-refractivity contribution in [1.82, 2.24) is 4.90 Å². The molecule has 0 atom stereocenters. The number of rotatable bonds is 6. The van der Waals surface area contributed by atoms with E-state index in [0.717, 1.165) is 16.8 Å². The van der Waals surface area contributed by atoms with E-state index in [9.17, 15) is 9.59 Å². The molecule has 0 fully saturated rings. The summed E-state index contributed by atoms with van der Waals surface area (Å²) >= 11 is 0. The Kier molecular flexibility index (Phi) is 5.95. The van der Waals surface area contributed by atoms with Crippen LogP contribution in [0, 0.1) is 0 Å². The number of benzene rings is 2. The molecule has 126 valence electrons. The highest BCUT2D eigenvalue weighted by Crippen LogP contribution is 2.14. The van der Waals surface area contributed by atoms with Crippen LogP contribution in [-0.2, 0) is 22.4 Å². The van der Waals surface area contributed by atoms with E-state index >= 15 is 0 Å². The number of nitrogens with two attached hydrogens (primary N) is 1. The molecule has 2 aromatic carbocycles. The number of carbonyl (C=O) groups is 2. The Morgan fingerprint density at radius 3 is 2.33 bits per heavy atom. The maximum atomic E-state index is 12.0. The number of carbonyl (C=O) groups excluding carboxylic acids is 2. The van der Waals surface area contributed by atoms with Crippen molar-refractivity contribution in [2.24, 2.45) is 0 Å². The van der Waals surface area contributed by atoms with Crippen LogP contribution in [0.3, 0.4) is 0 Å². The third kappa shape index (κ3) is 5.12. The van der Waals surface area contributed by atoms with Crippen LogP contribution in [0.5, 0.6) is 0 Å². The van der Waals surface area contributed by atoms with E-state index < -0.39 is 0 Å². The van der Waals surface area contributed by atoms with Gasteiger partial charge in [-0.25, -0.2) is 0 Å². The number of anilines is 2. The molecular weight excluding hydrogens is 302 g/mol. The maximum absolute atomic E-state index is 12.0. The summed E-state index contributed by atoms with van der Waals surface area (Å²) in [6.45, 7) is 0. The molecule has 5 heteroatoms. The van der Waals surface area contributed by atoms with Gasteiger partial charge in [-0.1, -0.05) is 30.3 Å². The molecule has 0 heterocycles. The summed E-state index contributed by atoms with van der Waals surface area (Å²) in [5.74, 6) is -0.0115. The quantitative estimate of drug-likeness (QED) is 0.801. The molecule has 0 radical (unpaired) electrons. The first-order valence-electron chi connectivity index (χ1n) is 7.88. The average molecular weight is 325 g/mol. The van der Waals surface area contributed by atoms with Crippen molar-refractivity contribution >= 4 is 23.2 Å². The van der Waals surface area contributed by atoms with Gasteiger partial charge in [-0.3, -0.25) is 9.59 Å². The van der Waals surface area contributed by atoms with Gasteiger partial charge in [-0.2, -0.15) is 0 Å². The van der Waals surface area contributed by atoms with Gasteiger partial charge < -0.3 is 16.0 Å². The molecule has 0 aromatic heterocycles. The van der Waals surface area contributed by atoms with Gasteiger partial charge in [0.25, 0.3) is 0 Å². The predicted molar refractivity (Wildman–Crippen MR) is 96.6 cm³/mol. The first kappa shape index (κ1) is 17.5. The summed E-state index contributed by atoms with van der Waals surface area (Å²) in [4.78, 5) is 25.3. The molecule has 3 N–H and O–H groups in total. The molecule has 0 unspecified atom stereocenters. The van der Waals surface area contributed by atoms with Crippen molar-refractivity contribution in [2.45, 2.75) is 19.3 Å². The fraction of sp³-hybridized carbons (Fsp3) is 0.263. The number of nitrogens with one attached hydrogen (secondary N) is 1. The van der Waals surface area contributed by atoms with Crippen LogP contribution in [0.1, 0.15) is 17.5 Å². The van der Waals surface area contributed by atoms with Gasteiger partial charge >= 0.3 is 0 Å². The molecule has 0 aliphatic heterocycles. The van der Waals surface area contributed by atoms with Crippen molar-refractivity contribution in [3.05, 3.63) is 59.7 Å². The van der Waals surface area contributed by atoms with E-state index in [0.29, 0.717) is 24.9 Å². The predicted octanol–water partition coefficient (Wildman–Crippen LogP) is 2.47. The monoisotopic (exact) mass is 325 g/mol. The Hall–Kier alpha value is -2.82. The number of nitrogens with zero attached hydrogens (tertiary/aromatic N) is 1. The fourth-order valence-electron chi connectivity index (χ4n) is 2.27. The Morgan fingerprint density at radius 2 is 1.71 bits per heavy atom. The average Bonchev–Trinajstić information content (AvgIpc) is 2.56. The van der Waals surface area contributed by atoms with Crippen molar-refractivity contribution in [1.29, 1.82) is 0 Å². The molecule has 2 amide bonds. The van der Waals surface area contributed by atoms with E-state index in [2.05, 4.69) is 5.32 Å². The highest BCUT2D eigenvalue weighted by atomic mass is 16.2. The molecule has 2 aromatic rings. The minimum atomic E-state index is -0.0598. The summed E-state index contributed by atoms with van der Waals surface area (Å²) in [7, 11) is 3.47. The number of hydrogen-bond donors (Lipinski definition) is 2. The smallest absolute Gasteiger partial charge is 0.226 e. The zero-order valence-corrected chi connectivity index (χ0v) is 14.1. The van der Waals surface area contributed by atoms with Crippen LogP contribution in [-0.4, -0.2) is 30.8 Å². The Balaban J connectivity index is 1.86. The molecule has 0 spiro atoms. The van der Waals surface area contributed by atoms with E-state index in [-0.39, 0.29) is 11.8 Å².